The molecule has 0 radical (unpaired) electrons. The third-order valence-electron chi connectivity index (χ3n) is 4.39. The fourth-order valence-electron chi connectivity index (χ4n) is 2.97. The first-order chi connectivity index (χ1) is 12.7. The maximum atomic E-state index is 13.2. The van der Waals surface area contributed by atoms with Crippen LogP contribution in [0.4, 0.5) is 4.39 Å². The largest absolute Gasteiger partial charge is 0.356 e. The molecule has 2 aromatic carbocycles. The van der Waals surface area contributed by atoms with E-state index < -0.39 is 0 Å². The molecule has 4 nitrogen and oxygen atoms in total. The SMILES string of the molecule is CN=C(NCCc1ccc(F)cc1C)NCc1nccc2ccccc12. The van der Waals surface area contributed by atoms with Gasteiger partial charge in [-0.2, -0.15) is 0 Å². The van der Waals surface area contributed by atoms with Gasteiger partial charge >= 0.3 is 0 Å². The van der Waals surface area contributed by atoms with Gasteiger partial charge in [0.15, 0.2) is 5.96 Å². The van der Waals surface area contributed by atoms with Crippen LogP contribution >= 0.6 is 0 Å². The predicted molar refractivity (Wildman–Crippen MR) is 105 cm³/mol. The standard InChI is InChI=1S/C21H23FN4/c1-15-13-18(22)8-7-16(15)9-12-25-21(23-2)26-14-20-19-6-4-3-5-17(19)10-11-24-20/h3-8,10-11,13H,9,12,14H2,1-2H3,(H2,23,25,26). The average molecular weight is 350 g/mol. The van der Waals surface area contributed by atoms with Gasteiger partial charge in [0, 0.05) is 25.2 Å². The first kappa shape index (κ1) is 17.9. The van der Waals surface area contributed by atoms with Crippen LogP contribution in [-0.2, 0) is 13.0 Å². The average Bonchev–Trinajstić information content (AvgIpc) is 2.66. The summed E-state index contributed by atoms with van der Waals surface area (Å²) in [5, 5.41) is 8.91. The van der Waals surface area contributed by atoms with Crippen molar-refractivity contribution in [2.75, 3.05) is 13.6 Å². The van der Waals surface area contributed by atoms with Crippen molar-refractivity contribution in [3.05, 3.63) is 77.4 Å². The van der Waals surface area contributed by atoms with Crippen LogP contribution in [0.25, 0.3) is 10.8 Å². The van der Waals surface area contributed by atoms with Crippen LogP contribution < -0.4 is 10.6 Å². The van der Waals surface area contributed by atoms with Crippen molar-refractivity contribution in [3.8, 4) is 0 Å². The fourth-order valence-corrected chi connectivity index (χ4v) is 2.97. The lowest BCUT2D eigenvalue weighted by molar-refractivity contribution is 0.625. The summed E-state index contributed by atoms with van der Waals surface area (Å²) in [6.45, 7) is 3.24. The van der Waals surface area contributed by atoms with Gasteiger partial charge < -0.3 is 10.6 Å². The highest BCUT2D eigenvalue weighted by Crippen LogP contribution is 2.16. The number of nitrogens with one attached hydrogen (secondary N) is 2. The minimum absolute atomic E-state index is 0.195. The van der Waals surface area contributed by atoms with E-state index in [-0.39, 0.29) is 5.82 Å². The molecule has 0 saturated carbocycles. The number of halogens is 1. The highest BCUT2D eigenvalue weighted by Gasteiger charge is 2.05. The molecule has 3 aromatic rings. The molecular formula is C21H23FN4. The van der Waals surface area contributed by atoms with E-state index in [1.165, 1.54) is 11.5 Å². The van der Waals surface area contributed by atoms with E-state index >= 15 is 0 Å². The maximum absolute atomic E-state index is 13.2. The van der Waals surface area contributed by atoms with Gasteiger partial charge in [0.25, 0.3) is 0 Å². The third kappa shape index (κ3) is 4.36. The molecule has 0 aliphatic rings. The van der Waals surface area contributed by atoms with Crippen molar-refractivity contribution in [1.82, 2.24) is 15.6 Å². The van der Waals surface area contributed by atoms with E-state index in [0.717, 1.165) is 41.1 Å². The summed E-state index contributed by atoms with van der Waals surface area (Å²) in [5.74, 6) is 0.527. The Morgan fingerprint density at radius 3 is 2.77 bits per heavy atom. The summed E-state index contributed by atoms with van der Waals surface area (Å²) < 4.78 is 13.2. The number of benzene rings is 2. The number of hydrogen-bond donors (Lipinski definition) is 2. The van der Waals surface area contributed by atoms with Crippen molar-refractivity contribution >= 4 is 16.7 Å². The number of aliphatic imine (C=N–C) groups is 1. The highest BCUT2D eigenvalue weighted by atomic mass is 19.1. The Kier molecular flexibility index (Phi) is 5.79. The lowest BCUT2D eigenvalue weighted by Crippen LogP contribution is -2.38. The molecule has 0 bridgehead atoms. The van der Waals surface area contributed by atoms with Crippen LogP contribution in [0.1, 0.15) is 16.8 Å². The van der Waals surface area contributed by atoms with Gasteiger partial charge in [-0.3, -0.25) is 9.98 Å². The summed E-state index contributed by atoms with van der Waals surface area (Å²) in [6.07, 6.45) is 2.63. The molecule has 0 unspecified atom stereocenters. The number of hydrogen-bond acceptors (Lipinski definition) is 2. The summed E-state index contributed by atoms with van der Waals surface area (Å²) >= 11 is 0. The minimum Gasteiger partial charge on any atom is -0.356 e. The van der Waals surface area contributed by atoms with Crippen molar-refractivity contribution in [2.24, 2.45) is 4.99 Å². The second-order valence-electron chi connectivity index (χ2n) is 6.15. The Morgan fingerprint density at radius 1 is 1.12 bits per heavy atom. The number of rotatable bonds is 5. The second kappa shape index (κ2) is 8.43. The molecule has 1 heterocycles. The van der Waals surface area contributed by atoms with E-state index in [1.807, 2.05) is 37.4 Å². The Hall–Kier alpha value is -2.95. The first-order valence-corrected chi connectivity index (χ1v) is 8.69. The number of aromatic nitrogens is 1. The lowest BCUT2D eigenvalue weighted by Gasteiger charge is -2.13. The molecule has 1 aromatic heterocycles. The van der Waals surface area contributed by atoms with E-state index in [4.69, 9.17) is 0 Å². The van der Waals surface area contributed by atoms with Gasteiger partial charge in [-0.15, -0.1) is 0 Å². The van der Waals surface area contributed by atoms with Crippen LogP contribution in [0.15, 0.2) is 59.7 Å². The highest BCUT2D eigenvalue weighted by molar-refractivity contribution is 5.85. The smallest absolute Gasteiger partial charge is 0.191 e. The van der Waals surface area contributed by atoms with Crippen molar-refractivity contribution in [2.45, 2.75) is 19.9 Å². The van der Waals surface area contributed by atoms with Gasteiger partial charge in [-0.05, 0) is 48.1 Å². The van der Waals surface area contributed by atoms with E-state index in [9.17, 15) is 4.39 Å². The van der Waals surface area contributed by atoms with E-state index in [2.05, 4.69) is 32.7 Å². The number of guanidine groups is 1. The van der Waals surface area contributed by atoms with Gasteiger partial charge in [-0.1, -0.05) is 30.3 Å². The minimum atomic E-state index is -0.195. The van der Waals surface area contributed by atoms with Crippen LogP contribution in [0.3, 0.4) is 0 Å². The Bertz CT molecular complexity index is 916. The second-order valence-corrected chi connectivity index (χ2v) is 6.15. The molecule has 26 heavy (non-hydrogen) atoms. The molecule has 0 saturated heterocycles. The summed E-state index contributed by atoms with van der Waals surface area (Å²) in [5.41, 5.74) is 3.08. The van der Waals surface area contributed by atoms with Crippen LogP contribution in [0.2, 0.25) is 0 Å². The number of fused-ring (bicyclic) bond motifs is 1. The Labute approximate surface area is 153 Å². The molecular weight excluding hydrogens is 327 g/mol. The number of aryl methyl sites for hydroxylation is 1. The Balaban J connectivity index is 1.56. The molecule has 0 aliphatic carbocycles. The molecule has 0 amide bonds. The molecule has 3 rings (SSSR count). The summed E-state index contributed by atoms with van der Waals surface area (Å²) in [7, 11) is 1.75. The summed E-state index contributed by atoms with van der Waals surface area (Å²) in [4.78, 5) is 8.74. The van der Waals surface area contributed by atoms with Crippen LogP contribution in [0, 0.1) is 12.7 Å². The van der Waals surface area contributed by atoms with Crippen molar-refractivity contribution < 1.29 is 4.39 Å². The van der Waals surface area contributed by atoms with Crippen LogP contribution in [0.5, 0.6) is 0 Å². The van der Waals surface area contributed by atoms with Gasteiger partial charge in [0.2, 0.25) is 0 Å². The van der Waals surface area contributed by atoms with Crippen molar-refractivity contribution in [3.63, 3.8) is 0 Å². The Morgan fingerprint density at radius 2 is 1.96 bits per heavy atom. The fraction of sp³-hybridized carbons (Fsp3) is 0.238. The molecule has 0 fully saturated rings. The van der Waals surface area contributed by atoms with Crippen LogP contribution in [-0.4, -0.2) is 24.5 Å². The molecule has 0 spiro atoms. The van der Waals surface area contributed by atoms with Gasteiger partial charge in [-0.25, -0.2) is 4.39 Å². The monoisotopic (exact) mass is 350 g/mol. The molecule has 5 heteroatoms. The zero-order valence-corrected chi connectivity index (χ0v) is 15.1. The van der Waals surface area contributed by atoms with E-state index in [1.54, 1.807) is 13.1 Å². The van der Waals surface area contributed by atoms with E-state index in [0.29, 0.717) is 6.54 Å². The normalized spacial score (nSPS) is 11.6. The molecule has 0 atom stereocenters. The number of nitrogens with zero attached hydrogens (tertiary/aromatic N) is 2. The molecule has 0 aliphatic heterocycles. The number of pyridine rings is 1. The first-order valence-electron chi connectivity index (χ1n) is 8.69. The predicted octanol–water partition coefficient (Wildman–Crippen LogP) is 3.59. The van der Waals surface area contributed by atoms with Gasteiger partial charge in [0.05, 0.1) is 12.2 Å². The molecule has 134 valence electrons. The maximum Gasteiger partial charge on any atom is 0.191 e. The van der Waals surface area contributed by atoms with Gasteiger partial charge in [0.1, 0.15) is 5.82 Å². The summed E-state index contributed by atoms with van der Waals surface area (Å²) in [6, 6.07) is 15.1. The zero-order chi connectivity index (χ0) is 18.4. The third-order valence-corrected chi connectivity index (χ3v) is 4.39. The topological polar surface area (TPSA) is 49.3 Å². The quantitative estimate of drug-likeness (QED) is 0.546. The van der Waals surface area contributed by atoms with Crippen molar-refractivity contribution in [1.29, 1.82) is 0 Å². The lowest BCUT2D eigenvalue weighted by atomic mass is 10.1. The molecule has 2 N–H and O–H groups in total. The zero-order valence-electron chi connectivity index (χ0n) is 15.1.